The molecule has 0 radical (unpaired) electrons. The average Bonchev–Trinajstić information content (AvgIpc) is 3.23. The van der Waals surface area contributed by atoms with Crippen molar-refractivity contribution in [3.05, 3.63) is 41.2 Å². The number of piperazine rings is 1. The van der Waals surface area contributed by atoms with Crippen LogP contribution in [-0.4, -0.2) is 101 Å². The van der Waals surface area contributed by atoms with E-state index in [-0.39, 0.29) is 0 Å². The van der Waals surface area contributed by atoms with Crippen molar-refractivity contribution in [2.75, 3.05) is 51.2 Å². The topological polar surface area (TPSA) is 123 Å². The fourth-order valence-corrected chi connectivity index (χ4v) is 3.92. The second kappa shape index (κ2) is 14.3. The number of halogens is 6. The minimum atomic E-state index is -5.08. The number of anilines is 1. The van der Waals surface area contributed by atoms with E-state index >= 15 is 0 Å². The van der Waals surface area contributed by atoms with E-state index < -0.39 is 24.3 Å². The van der Waals surface area contributed by atoms with Crippen molar-refractivity contribution in [3.8, 4) is 0 Å². The van der Waals surface area contributed by atoms with Crippen LogP contribution in [0, 0.1) is 0 Å². The number of aliphatic carboxylic acids is 2. The van der Waals surface area contributed by atoms with Gasteiger partial charge in [-0.2, -0.15) is 26.3 Å². The van der Waals surface area contributed by atoms with Gasteiger partial charge in [-0.25, -0.2) is 19.6 Å². The Morgan fingerprint density at radius 3 is 1.90 bits per heavy atom. The lowest BCUT2D eigenvalue weighted by Gasteiger charge is -2.34. The molecule has 4 heterocycles. The number of aromatic nitrogens is 2. The van der Waals surface area contributed by atoms with Crippen LogP contribution in [0.2, 0.25) is 0 Å². The molecule has 2 aromatic rings. The molecule has 2 aromatic heterocycles. The Morgan fingerprint density at radius 1 is 0.875 bits per heavy atom. The fraction of sp³-hybridized carbons (Fsp3) is 0.583. The van der Waals surface area contributed by atoms with Crippen LogP contribution in [0.5, 0.6) is 0 Å². The van der Waals surface area contributed by atoms with Gasteiger partial charge in [-0.05, 0) is 25.6 Å². The Morgan fingerprint density at radius 2 is 1.40 bits per heavy atom. The monoisotopic (exact) mass is 583 g/mol. The van der Waals surface area contributed by atoms with Crippen LogP contribution in [0.4, 0.5) is 32.2 Å². The van der Waals surface area contributed by atoms with Crippen molar-refractivity contribution in [3.63, 3.8) is 0 Å². The highest BCUT2D eigenvalue weighted by atomic mass is 19.4. The van der Waals surface area contributed by atoms with Gasteiger partial charge in [-0.1, -0.05) is 6.92 Å². The van der Waals surface area contributed by atoms with Crippen LogP contribution in [0.1, 0.15) is 29.7 Å². The van der Waals surface area contributed by atoms with Gasteiger partial charge in [0.05, 0.1) is 12.2 Å². The van der Waals surface area contributed by atoms with E-state index in [1.807, 2.05) is 0 Å². The normalized spacial score (nSPS) is 16.6. The first-order valence-electron chi connectivity index (χ1n) is 12.3. The maximum Gasteiger partial charge on any atom is 0.490 e. The van der Waals surface area contributed by atoms with Crippen molar-refractivity contribution in [1.29, 1.82) is 0 Å². The Kier molecular flexibility index (Phi) is 11.7. The van der Waals surface area contributed by atoms with Crippen molar-refractivity contribution in [2.24, 2.45) is 0 Å². The van der Waals surface area contributed by atoms with Crippen molar-refractivity contribution >= 4 is 17.8 Å². The molecule has 0 spiro atoms. The Balaban J connectivity index is 0.000000333. The summed E-state index contributed by atoms with van der Waals surface area (Å²) in [6.07, 6.45) is -5.46. The second-order valence-electron chi connectivity index (χ2n) is 9.02. The molecule has 2 aliphatic rings. The van der Waals surface area contributed by atoms with Gasteiger partial charge in [-0.3, -0.25) is 4.90 Å². The van der Waals surface area contributed by atoms with E-state index in [9.17, 15) is 26.3 Å². The Hall–Kier alpha value is -3.40. The highest BCUT2D eigenvalue weighted by Gasteiger charge is 2.38. The number of carboxylic acid groups (broad SMARTS) is 2. The van der Waals surface area contributed by atoms with Crippen LogP contribution in [0.25, 0.3) is 0 Å². The summed E-state index contributed by atoms with van der Waals surface area (Å²) in [6, 6.07) is 4.21. The fourth-order valence-electron chi connectivity index (χ4n) is 3.92. The molecule has 0 atom stereocenters. The number of alkyl halides is 6. The number of nitrogens with zero attached hydrogens (tertiary/aromatic N) is 5. The third kappa shape index (κ3) is 10.3. The number of furan rings is 1. The summed E-state index contributed by atoms with van der Waals surface area (Å²) in [5, 5.41) is 14.2. The zero-order valence-corrected chi connectivity index (χ0v) is 21.9. The molecule has 40 heavy (non-hydrogen) atoms. The van der Waals surface area contributed by atoms with Crippen molar-refractivity contribution in [1.82, 2.24) is 19.8 Å². The molecule has 1 fully saturated rings. The van der Waals surface area contributed by atoms with Gasteiger partial charge in [0.1, 0.15) is 23.7 Å². The first kappa shape index (κ1) is 32.8. The quantitative estimate of drug-likeness (QED) is 0.519. The maximum absolute atomic E-state index is 10.6. The third-order valence-corrected chi connectivity index (χ3v) is 6.09. The molecule has 2 aliphatic heterocycles. The molecule has 2 N–H and O–H groups in total. The predicted octanol–water partition coefficient (Wildman–Crippen LogP) is 3.25. The summed E-state index contributed by atoms with van der Waals surface area (Å²) in [7, 11) is 2.19. The SMILES string of the molecule is CCc1ccc(CN2CCc3ncnc(N4CCN(C)CC4)c3CC2)o1.O=C(O)C(F)(F)F.O=C(O)C(F)(F)F. The summed E-state index contributed by atoms with van der Waals surface area (Å²) in [5.41, 5.74) is 2.58. The standard InChI is InChI=1S/C20H29N5O.2C2HF3O2/c1-3-16-4-5-17(26-16)14-24-8-6-18-19(7-9-24)21-15-22-20(18)25-12-10-23(2)11-13-25;2*3-2(4,5)1(6)7/h4-5,15H,3,6-14H2,1-2H3;2*(H,6,7). The van der Waals surface area contributed by atoms with E-state index in [1.165, 1.54) is 11.3 Å². The molecule has 0 aliphatic carbocycles. The number of hydrogen-bond donors (Lipinski definition) is 2. The van der Waals surface area contributed by atoms with E-state index in [4.69, 9.17) is 24.2 Å². The van der Waals surface area contributed by atoms with Crippen molar-refractivity contribution in [2.45, 2.75) is 45.1 Å². The van der Waals surface area contributed by atoms with Gasteiger partial charge in [0.2, 0.25) is 0 Å². The molecule has 16 heteroatoms. The molecule has 1 saturated heterocycles. The number of aryl methyl sites for hydroxylation is 1. The number of carboxylic acids is 2. The number of carbonyl (C=O) groups is 2. The molecule has 4 rings (SSSR count). The summed E-state index contributed by atoms with van der Waals surface area (Å²) in [4.78, 5) is 34.4. The third-order valence-electron chi connectivity index (χ3n) is 6.09. The summed E-state index contributed by atoms with van der Waals surface area (Å²) in [5.74, 6) is -2.21. The van der Waals surface area contributed by atoms with E-state index in [0.717, 1.165) is 82.4 Å². The van der Waals surface area contributed by atoms with Gasteiger partial charge < -0.3 is 24.4 Å². The highest BCUT2D eigenvalue weighted by molar-refractivity contribution is 5.73. The van der Waals surface area contributed by atoms with Crippen LogP contribution in [0.15, 0.2) is 22.9 Å². The minimum absolute atomic E-state index is 0.880. The van der Waals surface area contributed by atoms with Gasteiger partial charge in [-0.15, -0.1) is 0 Å². The molecular weight excluding hydrogens is 552 g/mol. The minimum Gasteiger partial charge on any atom is -0.475 e. The van der Waals surface area contributed by atoms with Crippen molar-refractivity contribution < 1.29 is 50.6 Å². The molecule has 0 unspecified atom stereocenters. The molecule has 224 valence electrons. The summed E-state index contributed by atoms with van der Waals surface area (Å²) in [6.45, 7) is 9.37. The first-order chi connectivity index (χ1) is 18.6. The van der Waals surface area contributed by atoms with Crippen LogP contribution < -0.4 is 4.90 Å². The maximum atomic E-state index is 10.6. The second-order valence-corrected chi connectivity index (χ2v) is 9.02. The molecule has 0 saturated carbocycles. The van der Waals surface area contributed by atoms with Crippen LogP contribution in [0.3, 0.4) is 0 Å². The lowest BCUT2D eigenvalue weighted by Crippen LogP contribution is -2.45. The summed E-state index contributed by atoms with van der Waals surface area (Å²) < 4.78 is 69.4. The van der Waals surface area contributed by atoms with Gasteiger partial charge >= 0.3 is 24.3 Å². The molecule has 10 nitrogen and oxygen atoms in total. The number of fused-ring (bicyclic) bond motifs is 1. The highest BCUT2D eigenvalue weighted by Crippen LogP contribution is 2.25. The largest absolute Gasteiger partial charge is 0.490 e. The Labute approximate surface area is 226 Å². The molecule has 0 bridgehead atoms. The van der Waals surface area contributed by atoms with Crippen LogP contribution in [-0.2, 0) is 35.4 Å². The zero-order valence-electron chi connectivity index (χ0n) is 21.9. The van der Waals surface area contributed by atoms with E-state index in [0.29, 0.717) is 0 Å². The Bertz CT molecular complexity index is 1090. The molecule has 0 amide bonds. The predicted molar refractivity (Wildman–Crippen MR) is 130 cm³/mol. The van der Waals surface area contributed by atoms with Gasteiger partial charge in [0.25, 0.3) is 0 Å². The zero-order chi connectivity index (χ0) is 30.1. The number of hydrogen-bond acceptors (Lipinski definition) is 8. The number of rotatable bonds is 4. The van der Waals surface area contributed by atoms with E-state index in [1.54, 1.807) is 6.33 Å². The van der Waals surface area contributed by atoms with Gasteiger partial charge in [0.15, 0.2) is 0 Å². The van der Waals surface area contributed by atoms with E-state index in [2.05, 4.69) is 50.8 Å². The lowest BCUT2D eigenvalue weighted by atomic mass is 10.1. The van der Waals surface area contributed by atoms with Gasteiger partial charge in [0, 0.05) is 57.7 Å². The average molecular weight is 584 g/mol. The van der Waals surface area contributed by atoms with Crippen LogP contribution >= 0.6 is 0 Å². The lowest BCUT2D eigenvalue weighted by molar-refractivity contribution is -0.193. The molecule has 0 aromatic carbocycles. The smallest absolute Gasteiger partial charge is 0.475 e. The first-order valence-corrected chi connectivity index (χ1v) is 12.3. The molecular formula is C24H31F6N5O5. The summed E-state index contributed by atoms with van der Waals surface area (Å²) >= 11 is 0. The number of likely N-dealkylation sites (N-methyl/N-ethyl adjacent to an activating group) is 1.